The summed E-state index contributed by atoms with van der Waals surface area (Å²) in [5.74, 6) is 0.331. The van der Waals surface area contributed by atoms with Crippen LogP contribution in [0, 0.1) is 0 Å². The molecule has 0 aromatic heterocycles. The lowest BCUT2D eigenvalue weighted by molar-refractivity contribution is -0.121. The van der Waals surface area contributed by atoms with Crippen LogP contribution in [-0.2, 0) is 23.9 Å². The van der Waals surface area contributed by atoms with Crippen LogP contribution in [0.4, 0.5) is 0 Å². The van der Waals surface area contributed by atoms with Crippen LogP contribution in [0.2, 0.25) is 0 Å². The molecular formula is C19H36N2O5. The molecule has 7 heteroatoms. The van der Waals surface area contributed by atoms with E-state index in [9.17, 15) is 14.4 Å². The first-order valence-corrected chi connectivity index (χ1v) is 9.73. The number of unbranched alkanes of at least 4 members (excludes halogenated alkanes) is 1. The van der Waals surface area contributed by atoms with Crippen molar-refractivity contribution in [2.45, 2.75) is 71.3 Å². The minimum Gasteiger partial charge on any atom is -0.379 e. The fourth-order valence-electron chi connectivity index (χ4n) is 2.27. The number of Topliss-reactive ketones (excluding diaryl/α,β-unsaturated/α-hetero) is 2. The quantitative estimate of drug-likeness (QED) is 0.355. The molecular weight excluding hydrogens is 336 g/mol. The van der Waals surface area contributed by atoms with Crippen LogP contribution in [0.1, 0.15) is 65.2 Å². The van der Waals surface area contributed by atoms with Crippen molar-refractivity contribution in [3.05, 3.63) is 0 Å². The predicted molar refractivity (Wildman–Crippen MR) is 101 cm³/mol. The molecule has 0 aromatic rings. The average Bonchev–Trinajstić information content (AvgIpc) is 2.65. The average molecular weight is 373 g/mol. The molecule has 0 heterocycles. The summed E-state index contributed by atoms with van der Waals surface area (Å²) >= 11 is 0. The van der Waals surface area contributed by atoms with Crippen LogP contribution in [0.25, 0.3) is 0 Å². The van der Waals surface area contributed by atoms with Crippen LogP contribution in [0.5, 0.6) is 0 Å². The monoisotopic (exact) mass is 372 g/mol. The Morgan fingerprint density at radius 1 is 0.885 bits per heavy atom. The molecule has 1 atom stereocenters. The topological polar surface area (TPSA) is 108 Å². The zero-order valence-corrected chi connectivity index (χ0v) is 16.4. The molecule has 0 aromatic carbocycles. The van der Waals surface area contributed by atoms with Crippen LogP contribution in [0.3, 0.4) is 0 Å². The molecule has 0 fully saturated rings. The minimum absolute atomic E-state index is 0.0159. The summed E-state index contributed by atoms with van der Waals surface area (Å²) in [5, 5.41) is 2.72. The molecule has 1 unspecified atom stereocenters. The van der Waals surface area contributed by atoms with E-state index in [0.717, 1.165) is 12.8 Å². The number of ketones is 2. The maximum absolute atomic E-state index is 11.9. The zero-order valence-electron chi connectivity index (χ0n) is 16.4. The Bertz CT molecular complexity index is 401. The number of carbonyl (C=O) groups is 3. The fourth-order valence-corrected chi connectivity index (χ4v) is 2.27. The van der Waals surface area contributed by atoms with Crippen LogP contribution in [0.15, 0.2) is 0 Å². The van der Waals surface area contributed by atoms with Crippen molar-refractivity contribution in [3.8, 4) is 0 Å². The number of hydrogen-bond acceptors (Lipinski definition) is 6. The van der Waals surface area contributed by atoms with Gasteiger partial charge in [-0.2, -0.15) is 0 Å². The minimum atomic E-state index is -0.437. The van der Waals surface area contributed by atoms with Crippen molar-refractivity contribution in [2.75, 3.05) is 33.0 Å². The molecule has 0 radical (unpaired) electrons. The number of ether oxygens (including phenoxy) is 2. The summed E-state index contributed by atoms with van der Waals surface area (Å²) in [6.07, 6.45) is 4.95. The second kappa shape index (κ2) is 17.1. The normalized spacial score (nSPS) is 12.0. The van der Waals surface area contributed by atoms with E-state index >= 15 is 0 Å². The lowest BCUT2D eigenvalue weighted by Crippen LogP contribution is -2.30. The highest BCUT2D eigenvalue weighted by Gasteiger charge is 2.12. The summed E-state index contributed by atoms with van der Waals surface area (Å²) in [7, 11) is 0. The van der Waals surface area contributed by atoms with Crippen LogP contribution in [-0.4, -0.2) is 56.5 Å². The largest absolute Gasteiger partial charge is 0.379 e. The van der Waals surface area contributed by atoms with E-state index in [1.807, 2.05) is 6.92 Å². The first-order valence-electron chi connectivity index (χ1n) is 9.73. The molecule has 3 N–H and O–H groups in total. The van der Waals surface area contributed by atoms with Gasteiger partial charge >= 0.3 is 0 Å². The van der Waals surface area contributed by atoms with Gasteiger partial charge in [0.1, 0.15) is 11.6 Å². The first-order chi connectivity index (χ1) is 12.5. The Kier molecular flexibility index (Phi) is 16.3. The Morgan fingerprint density at radius 3 is 2.23 bits per heavy atom. The van der Waals surface area contributed by atoms with Crippen molar-refractivity contribution in [1.82, 2.24) is 5.32 Å². The molecule has 0 aliphatic heterocycles. The standard InChI is InChI=1S/C19H36N2O5/c1-3-16(22)8-5-6-9-17(20)18(23)10-7-12-25-14-15-26-13-11-21-19(24)4-2/h17H,3-15,20H2,1-2H3,(H,21,24). The molecule has 26 heavy (non-hydrogen) atoms. The second-order valence-electron chi connectivity index (χ2n) is 6.24. The van der Waals surface area contributed by atoms with Gasteiger partial charge in [-0.1, -0.05) is 20.3 Å². The molecule has 1 amide bonds. The highest BCUT2D eigenvalue weighted by Crippen LogP contribution is 2.07. The van der Waals surface area contributed by atoms with Gasteiger partial charge in [-0.3, -0.25) is 14.4 Å². The number of nitrogens with one attached hydrogen (secondary N) is 1. The van der Waals surface area contributed by atoms with E-state index in [-0.39, 0.29) is 17.5 Å². The van der Waals surface area contributed by atoms with Gasteiger partial charge in [0.05, 0.1) is 25.9 Å². The van der Waals surface area contributed by atoms with E-state index < -0.39 is 6.04 Å². The highest BCUT2D eigenvalue weighted by atomic mass is 16.5. The van der Waals surface area contributed by atoms with Gasteiger partial charge in [-0.15, -0.1) is 0 Å². The molecule has 0 saturated carbocycles. The summed E-state index contributed by atoms with van der Waals surface area (Å²) in [5.41, 5.74) is 5.88. The molecule has 152 valence electrons. The van der Waals surface area contributed by atoms with Gasteiger partial charge in [0.2, 0.25) is 5.91 Å². The first kappa shape index (κ1) is 24.7. The molecule has 0 spiro atoms. The molecule has 0 aliphatic carbocycles. The zero-order chi connectivity index (χ0) is 19.6. The van der Waals surface area contributed by atoms with E-state index in [2.05, 4.69) is 5.32 Å². The third kappa shape index (κ3) is 15.0. The maximum Gasteiger partial charge on any atom is 0.219 e. The highest BCUT2D eigenvalue weighted by molar-refractivity contribution is 5.83. The van der Waals surface area contributed by atoms with Crippen molar-refractivity contribution in [3.63, 3.8) is 0 Å². The van der Waals surface area contributed by atoms with Crippen LogP contribution < -0.4 is 11.1 Å². The third-order valence-corrected chi connectivity index (χ3v) is 4.00. The Hall–Kier alpha value is -1.31. The van der Waals surface area contributed by atoms with Crippen molar-refractivity contribution < 1.29 is 23.9 Å². The smallest absolute Gasteiger partial charge is 0.219 e. The predicted octanol–water partition coefficient (Wildman–Crippen LogP) is 1.76. The lowest BCUT2D eigenvalue weighted by atomic mass is 10.0. The van der Waals surface area contributed by atoms with Crippen molar-refractivity contribution in [1.29, 1.82) is 0 Å². The van der Waals surface area contributed by atoms with E-state index in [1.165, 1.54) is 0 Å². The number of carbonyl (C=O) groups excluding carboxylic acids is 3. The molecule has 0 bridgehead atoms. The van der Waals surface area contributed by atoms with Gasteiger partial charge in [-0.25, -0.2) is 0 Å². The molecule has 0 saturated heterocycles. The van der Waals surface area contributed by atoms with Crippen molar-refractivity contribution >= 4 is 17.5 Å². The summed E-state index contributed by atoms with van der Waals surface area (Å²) in [6.45, 7) is 6.06. The lowest BCUT2D eigenvalue weighted by Gasteiger charge is -2.10. The summed E-state index contributed by atoms with van der Waals surface area (Å²) < 4.78 is 10.7. The number of amides is 1. The van der Waals surface area contributed by atoms with E-state index in [1.54, 1.807) is 6.92 Å². The van der Waals surface area contributed by atoms with Gasteiger partial charge in [0.25, 0.3) is 0 Å². The number of rotatable bonds is 18. The maximum atomic E-state index is 11.9. The van der Waals surface area contributed by atoms with E-state index in [4.69, 9.17) is 15.2 Å². The Morgan fingerprint density at radius 2 is 1.58 bits per heavy atom. The van der Waals surface area contributed by atoms with Gasteiger partial charge in [0, 0.05) is 38.8 Å². The van der Waals surface area contributed by atoms with Gasteiger partial charge < -0.3 is 20.5 Å². The Balaban J connectivity index is 3.42. The summed E-state index contributed by atoms with van der Waals surface area (Å²) in [4.78, 5) is 34.1. The fraction of sp³-hybridized carbons (Fsp3) is 0.842. The second-order valence-corrected chi connectivity index (χ2v) is 6.24. The van der Waals surface area contributed by atoms with Gasteiger partial charge in [-0.05, 0) is 19.3 Å². The molecule has 0 aliphatic rings. The summed E-state index contributed by atoms with van der Waals surface area (Å²) in [6, 6.07) is -0.437. The molecule has 0 rings (SSSR count). The number of hydrogen-bond donors (Lipinski definition) is 2. The van der Waals surface area contributed by atoms with E-state index in [0.29, 0.717) is 71.5 Å². The number of nitrogens with two attached hydrogens (primary N) is 1. The molecule has 7 nitrogen and oxygen atoms in total. The van der Waals surface area contributed by atoms with Crippen LogP contribution >= 0.6 is 0 Å². The van der Waals surface area contributed by atoms with Crippen molar-refractivity contribution in [2.24, 2.45) is 5.73 Å². The third-order valence-electron chi connectivity index (χ3n) is 4.00. The Labute approximate surface area is 157 Å². The SMILES string of the molecule is CCC(=O)CCCCC(N)C(=O)CCCOCCOCCNC(=O)CC. The van der Waals surface area contributed by atoms with Gasteiger partial charge in [0.15, 0.2) is 0 Å².